The quantitative estimate of drug-likeness (QED) is 0.372. The molecule has 17 heavy (non-hydrogen) atoms. The van der Waals surface area contributed by atoms with Gasteiger partial charge in [0.1, 0.15) is 11.6 Å². The first-order valence-corrected chi connectivity index (χ1v) is 5.01. The van der Waals surface area contributed by atoms with Crippen molar-refractivity contribution in [3.63, 3.8) is 0 Å². The van der Waals surface area contributed by atoms with Crippen LogP contribution in [0.15, 0.2) is 18.2 Å². The first kappa shape index (κ1) is 12.5. The van der Waals surface area contributed by atoms with Crippen molar-refractivity contribution in [3.8, 4) is 17.9 Å². The van der Waals surface area contributed by atoms with Gasteiger partial charge < -0.3 is 5.32 Å². The highest BCUT2D eigenvalue weighted by atomic mass is 16.6. The third-order valence-electron chi connectivity index (χ3n) is 2.07. The molecule has 1 N–H and O–H groups in total. The Balaban J connectivity index is 2.79. The summed E-state index contributed by atoms with van der Waals surface area (Å²) in [4.78, 5) is 10.0. The molecule has 0 radical (unpaired) electrons. The maximum absolute atomic E-state index is 10.6. The smallest absolute Gasteiger partial charge is 0.287 e. The van der Waals surface area contributed by atoms with Gasteiger partial charge in [-0.3, -0.25) is 10.1 Å². The van der Waals surface area contributed by atoms with Crippen LogP contribution in [0.4, 0.5) is 11.4 Å². The summed E-state index contributed by atoms with van der Waals surface area (Å²) in [7, 11) is 0. The molecule has 0 saturated heterocycles. The van der Waals surface area contributed by atoms with Crippen molar-refractivity contribution < 1.29 is 4.92 Å². The van der Waals surface area contributed by atoms with Crippen LogP contribution in [0.2, 0.25) is 0 Å². The molecule has 5 nitrogen and oxygen atoms in total. The summed E-state index contributed by atoms with van der Waals surface area (Å²) in [6, 6.07) is 6.19. The van der Waals surface area contributed by atoms with E-state index in [0.29, 0.717) is 18.7 Å². The highest BCUT2D eigenvalue weighted by molar-refractivity contribution is 5.58. The topological polar surface area (TPSA) is 79.0 Å². The fraction of sp³-hybridized carbons (Fsp3) is 0.250. The van der Waals surface area contributed by atoms with Gasteiger partial charge in [-0.05, 0) is 19.1 Å². The maximum Gasteiger partial charge on any atom is 0.287 e. The molecular formula is C12H11N3O2. The van der Waals surface area contributed by atoms with E-state index in [9.17, 15) is 10.1 Å². The van der Waals surface area contributed by atoms with Gasteiger partial charge in [-0.15, -0.1) is 11.8 Å². The molecule has 0 aliphatic rings. The van der Waals surface area contributed by atoms with Crippen LogP contribution in [-0.2, 0) is 0 Å². The molecule has 0 unspecified atom stereocenters. The third kappa shape index (κ3) is 3.51. The van der Waals surface area contributed by atoms with E-state index in [1.54, 1.807) is 13.0 Å². The predicted octanol–water partition coefficient (Wildman–Crippen LogP) is 2.29. The van der Waals surface area contributed by atoms with Gasteiger partial charge in [0.2, 0.25) is 0 Å². The van der Waals surface area contributed by atoms with Gasteiger partial charge in [-0.2, -0.15) is 5.26 Å². The highest BCUT2D eigenvalue weighted by Crippen LogP contribution is 2.21. The average molecular weight is 229 g/mol. The molecule has 0 aliphatic heterocycles. The van der Waals surface area contributed by atoms with Crippen molar-refractivity contribution in [2.45, 2.75) is 13.3 Å². The molecule has 1 rings (SSSR count). The van der Waals surface area contributed by atoms with Crippen molar-refractivity contribution in [3.05, 3.63) is 33.9 Å². The van der Waals surface area contributed by atoms with E-state index >= 15 is 0 Å². The number of hydrogen-bond acceptors (Lipinski definition) is 4. The van der Waals surface area contributed by atoms with Gasteiger partial charge in [0.15, 0.2) is 0 Å². The normalized spacial score (nSPS) is 8.71. The van der Waals surface area contributed by atoms with E-state index in [1.165, 1.54) is 12.1 Å². The van der Waals surface area contributed by atoms with E-state index in [4.69, 9.17) is 5.26 Å². The van der Waals surface area contributed by atoms with Crippen LogP contribution in [0.3, 0.4) is 0 Å². The van der Waals surface area contributed by atoms with Gasteiger partial charge in [-0.1, -0.05) is 0 Å². The van der Waals surface area contributed by atoms with Gasteiger partial charge >= 0.3 is 0 Å². The molecule has 0 bridgehead atoms. The lowest BCUT2D eigenvalue weighted by atomic mass is 10.1. The minimum absolute atomic E-state index is 0.0570. The Morgan fingerprint density at radius 1 is 1.53 bits per heavy atom. The summed E-state index contributed by atoms with van der Waals surface area (Å²) in [5.41, 5.74) is 0.568. The average Bonchev–Trinajstić information content (AvgIpc) is 2.34. The second-order valence-corrected chi connectivity index (χ2v) is 3.20. The third-order valence-corrected chi connectivity index (χ3v) is 2.07. The number of benzene rings is 1. The largest absolute Gasteiger partial charge is 0.384 e. The standard InChI is InChI=1S/C12H11N3O2/c1-2-3-4-7-14-11-5-6-12(15(16)17)10(8-11)9-13/h5-6,8,14H,4,7H2,1H3. The Kier molecular flexibility index (Phi) is 4.53. The molecule has 1 aromatic rings. The molecule has 0 fully saturated rings. The van der Waals surface area contributed by atoms with E-state index in [0.717, 1.165) is 0 Å². The van der Waals surface area contributed by atoms with Crippen LogP contribution in [0.1, 0.15) is 18.9 Å². The van der Waals surface area contributed by atoms with Crippen molar-refractivity contribution in [2.75, 3.05) is 11.9 Å². The molecule has 0 aliphatic carbocycles. The summed E-state index contributed by atoms with van der Waals surface area (Å²) >= 11 is 0. The summed E-state index contributed by atoms with van der Waals surface area (Å²) in [5, 5.41) is 22.4. The van der Waals surface area contributed by atoms with Gasteiger partial charge in [-0.25, -0.2) is 0 Å². The number of nitrogens with zero attached hydrogens (tertiary/aromatic N) is 2. The predicted molar refractivity (Wildman–Crippen MR) is 64.4 cm³/mol. The highest BCUT2D eigenvalue weighted by Gasteiger charge is 2.13. The molecule has 0 amide bonds. The van der Waals surface area contributed by atoms with Crippen molar-refractivity contribution >= 4 is 11.4 Å². The molecule has 1 aromatic carbocycles. The lowest BCUT2D eigenvalue weighted by Gasteiger charge is -2.04. The lowest BCUT2D eigenvalue weighted by Crippen LogP contribution is -2.01. The van der Waals surface area contributed by atoms with E-state index in [1.807, 2.05) is 6.07 Å². The Bertz CT molecular complexity index is 521. The zero-order chi connectivity index (χ0) is 12.7. The molecule has 86 valence electrons. The summed E-state index contributed by atoms with van der Waals surface area (Å²) in [6.07, 6.45) is 0.690. The molecule has 0 atom stereocenters. The molecule has 0 saturated carbocycles. The van der Waals surface area contributed by atoms with Crippen LogP contribution in [0.5, 0.6) is 0 Å². The number of nitro groups is 1. The van der Waals surface area contributed by atoms with E-state index in [-0.39, 0.29) is 11.3 Å². The van der Waals surface area contributed by atoms with Crippen LogP contribution in [0.25, 0.3) is 0 Å². The first-order chi connectivity index (χ1) is 8.19. The Morgan fingerprint density at radius 3 is 2.88 bits per heavy atom. The van der Waals surface area contributed by atoms with Crippen molar-refractivity contribution in [2.24, 2.45) is 0 Å². The summed E-state index contributed by atoms with van der Waals surface area (Å²) in [6.45, 7) is 2.41. The lowest BCUT2D eigenvalue weighted by molar-refractivity contribution is -0.385. The second-order valence-electron chi connectivity index (χ2n) is 3.20. The van der Waals surface area contributed by atoms with Crippen LogP contribution < -0.4 is 5.32 Å². The Labute approximate surface area is 99.2 Å². The number of nitro benzene ring substituents is 1. The number of rotatable bonds is 4. The van der Waals surface area contributed by atoms with Crippen molar-refractivity contribution in [1.82, 2.24) is 0 Å². The monoisotopic (exact) mass is 229 g/mol. The molecule has 0 aromatic heterocycles. The molecular weight excluding hydrogens is 218 g/mol. The number of hydrogen-bond donors (Lipinski definition) is 1. The van der Waals surface area contributed by atoms with Crippen LogP contribution in [0, 0.1) is 33.3 Å². The maximum atomic E-state index is 10.6. The minimum atomic E-state index is -0.565. The van der Waals surface area contributed by atoms with E-state index < -0.39 is 4.92 Å². The molecule has 5 heteroatoms. The number of nitrogens with one attached hydrogen (secondary N) is 1. The fourth-order valence-corrected chi connectivity index (χ4v) is 1.29. The van der Waals surface area contributed by atoms with Gasteiger partial charge in [0, 0.05) is 24.7 Å². The minimum Gasteiger partial charge on any atom is -0.384 e. The first-order valence-electron chi connectivity index (χ1n) is 5.01. The number of anilines is 1. The Hall–Kier alpha value is -2.53. The van der Waals surface area contributed by atoms with Gasteiger partial charge in [0.25, 0.3) is 5.69 Å². The van der Waals surface area contributed by atoms with Gasteiger partial charge in [0.05, 0.1) is 4.92 Å². The second kappa shape index (κ2) is 6.14. The number of nitriles is 1. The van der Waals surface area contributed by atoms with E-state index in [2.05, 4.69) is 17.2 Å². The SMILES string of the molecule is CC#CCCNc1ccc([N+](=O)[O-])c(C#N)c1. The Morgan fingerprint density at radius 2 is 2.29 bits per heavy atom. The van der Waals surface area contributed by atoms with Crippen LogP contribution in [-0.4, -0.2) is 11.5 Å². The molecule has 0 spiro atoms. The van der Waals surface area contributed by atoms with Crippen LogP contribution >= 0.6 is 0 Å². The summed E-state index contributed by atoms with van der Waals surface area (Å²) in [5.74, 6) is 5.66. The fourth-order valence-electron chi connectivity index (χ4n) is 1.29. The van der Waals surface area contributed by atoms with Crippen molar-refractivity contribution in [1.29, 1.82) is 5.26 Å². The summed E-state index contributed by atoms with van der Waals surface area (Å²) < 4.78 is 0. The zero-order valence-corrected chi connectivity index (χ0v) is 9.36. The zero-order valence-electron chi connectivity index (χ0n) is 9.36. The molecule has 0 heterocycles.